The number of nitrogens with zero attached hydrogens (tertiary/aromatic N) is 1. The zero-order valence-corrected chi connectivity index (χ0v) is 15.4. The third-order valence-corrected chi connectivity index (χ3v) is 3.81. The molecule has 0 bridgehead atoms. The van der Waals surface area contributed by atoms with Crippen molar-refractivity contribution < 1.29 is 23.8 Å². The minimum Gasteiger partial charge on any atom is -0.491 e. The summed E-state index contributed by atoms with van der Waals surface area (Å²) in [7, 11) is 0. The van der Waals surface area contributed by atoms with E-state index in [9.17, 15) is 9.59 Å². The molecule has 1 atom stereocenters. The van der Waals surface area contributed by atoms with Crippen LogP contribution in [0, 0.1) is 0 Å². The van der Waals surface area contributed by atoms with Crippen LogP contribution in [0.2, 0.25) is 0 Å². The molecule has 0 aliphatic carbocycles. The van der Waals surface area contributed by atoms with E-state index < -0.39 is 5.60 Å². The summed E-state index contributed by atoms with van der Waals surface area (Å²) in [5, 5.41) is 0. The first-order valence-corrected chi connectivity index (χ1v) is 8.70. The van der Waals surface area contributed by atoms with Crippen molar-refractivity contribution in [1.29, 1.82) is 0 Å². The van der Waals surface area contributed by atoms with Crippen LogP contribution in [-0.4, -0.2) is 48.4 Å². The van der Waals surface area contributed by atoms with Crippen molar-refractivity contribution in [1.82, 2.24) is 4.90 Å². The maximum absolute atomic E-state index is 12.3. The normalized spacial score (nSPS) is 17.3. The van der Waals surface area contributed by atoms with Crippen LogP contribution in [0.15, 0.2) is 24.3 Å². The van der Waals surface area contributed by atoms with E-state index in [1.54, 1.807) is 36.1 Å². The van der Waals surface area contributed by atoms with Crippen LogP contribution in [0.4, 0.5) is 4.79 Å². The highest BCUT2D eigenvalue weighted by atomic mass is 16.6. The van der Waals surface area contributed by atoms with E-state index in [1.165, 1.54) is 0 Å². The van der Waals surface area contributed by atoms with Gasteiger partial charge in [-0.2, -0.15) is 0 Å². The molecule has 6 nitrogen and oxygen atoms in total. The number of ether oxygens (including phenoxy) is 3. The van der Waals surface area contributed by atoms with Gasteiger partial charge in [-0.1, -0.05) is 0 Å². The Kier molecular flexibility index (Phi) is 6.28. The van der Waals surface area contributed by atoms with Gasteiger partial charge in [-0.15, -0.1) is 0 Å². The Bertz CT molecular complexity index is 591. The van der Waals surface area contributed by atoms with Crippen molar-refractivity contribution in [2.75, 3.05) is 19.8 Å². The summed E-state index contributed by atoms with van der Waals surface area (Å²) in [6, 6.07) is 6.82. The molecule has 0 saturated carbocycles. The van der Waals surface area contributed by atoms with Crippen LogP contribution in [-0.2, 0) is 9.47 Å². The lowest BCUT2D eigenvalue weighted by molar-refractivity contribution is 0.0187. The van der Waals surface area contributed by atoms with Crippen LogP contribution in [0.5, 0.6) is 5.75 Å². The van der Waals surface area contributed by atoms with Crippen LogP contribution in [0.1, 0.15) is 50.9 Å². The highest BCUT2D eigenvalue weighted by Crippen LogP contribution is 2.22. The Morgan fingerprint density at radius 3 is 2.48 bits per heavy atom. The Morgan fingerprint density at radius 1 is 1.20 bits per heavy atom. The Labute approximate surface area is 149 Å². The van der Waals surface area contributed by atoms with E-state index in [-0.39, 0.29) is 18.1 Å². The highest BCUT2D eigenvalue weighted by molar-refractivity contribution is 5.89. The summed E-state index contributed by atoms with van der Waals surface area (Å²) < 4.78 is 16.2. The van der Waals surface area contributed by atoms with Gasteiger partial charge in [0.15, 0.2) is 0 Å². The number of benzene rings is 1. The standard InChI is InChI=1S/C19H27NO5/c1-5-23-17(21)14-8-10-16(11-9-14)24-13-15-7-6-12-20(15)18(22)25-19(2,3)4/h8-11,15H,5-7,12-13H2,1-4H3/t15-/m0/s1. The number of hydrogen-bond acceptors (Lipinski definition) is 5. The number of esters is 1. The van der Waals surface area contributed by atoms with Gasteiger partial charge >= 0.3 is 12.1 Å². The molecule has 1 saturated heterocycles. The van der Waals surface area contributed by atoms with Crippen LogP contribution < -0.4 is 4.74 Å². The van der Waals surface area contributed by atoms with Gasteiger partial charge in [-0.05, 0) is 64.8 Å². The van der Waals surface area contributed by atoms with Crippen LogP contribution in [0.3, 0.4) is 0 Å². The lowest BCUT2D eigenvalue weighted by Crippen LogP contribution is -2.42. The largest absolute Gasteiger partial charge is 0.491 e. The Balaban J connectivity index is 1.89. The van der Waals surface area contributed by atoms with Crippen molar-refractivity contribution in [2.45, 2.75) is 52.2 Å². The topological polar surface area (TPSA) is 65.1 Å². The molecule has 0 N–H and O–H groups in total. The fourth-order valence-electron chi connectivity index (χ4n) is 2.66. The molecule has 1 aliphatic rings. The van der Waals surface area contributed by atoms with E-state index in [1.807, 2.05) is 20.8 Å². The molecule has 1 aromatic rings. The molecule has 1 fully saturated rings. The second-order valence-corrected chi connectivity index (χ2v) is 7.03. The molecule has 0 aromatic heterocycles. The average Bonchev–Trinajstić information content (AvgIpc) is 3.01. The number of rotatable bonds is 5. The summed E-state index contributed by atoms with van der Waals surface area (Å²) in [4.78, 5) is 25.6. The minimum absolute atomic E-state index is 0.000386. The lowest BCUT2D eigenvalue weighted by Gasteiger charge is -2.28. The first kappa shape index (κ1) is 19.1. The van der Waals surface area contributed by atoms with E-state index in [4.69, 9.17) is 14.2 Å². The van der Waals surface area contributed by atoms with Crippen molar-refractivity contribution >= 4 is 12.1 Å². The van der Waals surface area contributed by atoms with E-state index in [2.05, 4.69) is 0 Å². The number of carbonyl (C=O) groups excluding carboxylic acids is 2. The second-order valence-electron chi connectivity index (χ2n) is 7.03. The van der Waals surface area contributed by atoms with Crippen LogP contribution in [0.25, 0.3) is 0 Å². The van der Waals surface area contributed by atoms with Crippen molar-refractivity contribution in [3.63, 3.8) is 0 Å². The number of carbonyl (C=O) groups is 2. The van der Waals surface area contributed by atoms with Crippen molar-refractivity contribution in [3.8, 4) is 5.75 Å². The van der Waals surface area contributed by atoms with Gasteiger partial charge < -0.3 is 19.1 Å². The molecule has 0 radical (unpaired) electrons. The zero-order valence-electron chi connectivity index (χ0n) is 15.4. The Morgan fingerprint density at radius 2 is 1.88 bits per heavy atom. The van der Waals surface area contributed by atoms with Gasteiger partial charge in [0.1, 0.15) is 18.0 Å². The van der Waals surface area contributed by atoms with E-state index in [0.29, 0.717) is 31.1 Å². The maximum Gasteiger partial charge on any atom is 0.410 e. The molecule has 2 rings (SSSR count). The van der Waals surface area contributed by atoms with Gasteiger partial charge in [-0.25, -0.2) is 9.59 Å². The summed E-state index contributed by atoms with van der Waals surface area (Å²) in [5.41, 5.74) is -0.0148. The molecule has 25 heavy (non-hydrogen) atoms. The fourth-order valence-corrected chi connectivity index (χ4v) is 2.66. The average molecular weight is 349 g/mol. The smallest absolute Gasteiger partial charge is 0.410 e. The highest BCUT2D eigenvalue weighted by Gasteiger charge is 2.32. The van der Waals surface area contributed by atoms with Gasteiger partial charge in [0, 0.05) is 6.54 Å². The molecule has 1 aliphatic heterocycles. The third-order valence-electron chi connectivity index (χ3n) is 3.81. The molecular formula is C19H27NO5. The predicted octanol–water partition coefficient (Wildman–Crippen LogP) is 3.64. The Hall–Kier alpha value is -2.24. The van der Waals surface area contributed by atoms with Gasteiger partial charge in [-0.3, -0.25) is 0 Å². The summed E-state index contributed by atoms with van der Waals surface area (Å²) in [5.74, 6) is 0.310. The van der Waals surface area contributed by atoms with Gasteiger partial charge in [0.25, 0.3) is 0 Å². The summed E-state index contributed by atoms with van der Waals surface area (Å²) in [6.07, 6.45) is 1.53. The zero-order chi connectivity index (χ0) is 18.4. The fraction of sp³-hybridized carbons (Fsp3) is 0.579. The predicted molar refractivity (Wildman–Crippen MR) is 93.9 cm³/mol. The maximum atomic E-state index is 12.3. The molecule has 138 valence electrons. The first-order valence-electron chi connectivity index (χ1n) is 8.70. The lowest BCUT2D eigenvalue weighted by atomic mass is 10.2. The minimum atomic E-state index is -0.506. The van der Waals surface area contributed by atoms with E-state index >= 15 is 0 Å². The quantitative estimate of drug-likeness (QED) is 0.759. The molecule has 1 aromatic carbocycles. The van der Waals surface area contributed by atoms with E-state index in [0.717, 1.165) is 12.8 Å². The summed E-state index contributed by atoms with van der Waals surface area (Å²) in [6.45, 7) is 8.78. The number of amides is 1. The molecular weight excluding hydrogens is 322 g/mol. The third kappa shape index (κ3) is 5.66. The molecule has 6 heteroatoms. The summed E-state index contributed by atoms with van der Waals surface area (Å²) >= 11 is 0. The van der Waals surface area contributed by atoms with Crippen LogP contribution >= 0.6 is 0 Å². The molecule has 1 amide bonds. The first-order chi connectivity index (χ1) is 11.8. The number of likely N-dealkylation sites (tertiary alicyclic amines) is 1. The molecule has 0 spiro atoms. The van der Waals surface area contributed by atoms with Gasteiger partial charge in [0.05, 0.1) is 18.2 Å². The SMILES string of the molecule is CCOC(=O)c1ccc(OC[C@@H]2CCCN2C(=O)OC(C)(C)C)cc1. The van der Waals surface area contributed by atoms with Gasteiger partial charge in [0.2, 0.25) is 0 Å². The molecule has 0 unspecified atom stereocenters. The number of hydrogen-bond donors (Lipinski definition) is 0. The molecule has 1 heterocycles. The monoisotopic (exact) mass is 349 g/mol. The second kappa shape index (κ2) is 8.23. The van der Waals surface area contributed by atoms with Crippen molar-refractivity contribution in [3.05, 3.63) is 29.8 Å². The van der Waals surface area contributed by atoms with Crippen molar-refractivity contribution in [2.24, 2.45) is 0 Å².